The van der Waals surface area contributed by atoms with Gasteiger partial charge in [-0.3, -0.25) is 9.59 Å². The largest absolute Gasteiger partial charge is 0.469 e. The lowest BCUT2D eigenvalue weighted by Gasteiger charge is -2.31. The summed E-state index contributed by atoms with van der Waals surface area (Å²) in [7, 11) is 1.38. The lowest BCUT2D eigenvalue weighted by molar-refractivity contribution is -0.140. The minimum absolute atomic E-state index is 0.228. The molecule has 2 aromatic carbocycles. The number of aromatic nitrogens is 2. The highest BCUT2D eigenvalue weighted by molar-refractivity contribution is 5.99. The third-order valence-corrected chi connectivity index (χ3v) is 6.60. The van der Waals surface area contributed by atoms with Gasteiger partial charge in [0.2, 0.25) is 0 Å². The lowest BCUT2D eigenvalue weighted by Crippen LogP contribution is -2.42. The van der Waals surface area contributed by atoms with Crippen molar-refractivity contribution in [3.05, 3.63) is 76.6 Å². The molecule has 8 nitrogen and oxygen atoms in total. The van der Waals surface area contributed by atoms with Gasteiger partial charge in [0.05, 0.1) is 24.1 Å². The number of nitrogens with zero attached hydrogens (tertiary/aromatic N) is 3. The van der Waals surface area contributed by atoms with E-state index >= 15 is 0 Å². The predicted octanol–water partition coefficient (Wildman–Crippen LogP) is 4.12. The Morgan fingerprint density at radius 2 is 1.78 bits per heavy atom. The van der Waals surface area contributed by atoms with Crippen molar-refractivity contribution in [3.63, 3.8) is 0 Å². The first-order valence-corrected chi connectivity index (χ1v) is 12.1. The molecule has 1 aromatic heterocycles. The monoisotopic (exact) mass is 489 g/mol. The van der Waals surface area contributed by atoms with Crippen LogP contribution >= 0.6 is 0 Å². The van der Waals surface area contributed by atoms with E-state index in [1.807, 2.05) is 38.1 Å². The maximum absolute atomic E-state index is 13.1. The molecule has 2 heterocycles. The third-order valence-electron chi connectivity index (χ3n) is 6.60. The molecule has 0 fully saturated rings. The normalized spacial score (nSPS) is 13.6. The summed E-state index contributed by atoms with van der Waals surface area (Å²) < 4.78 is 12.1. The van der Waals surface area contributed by atoms with E-state index < -0.39 is 12.1 Å². The van der Waals surface area contributed by atoms with Gasteiger partial charge in [0.1, 0.15) is 0 Å². The van der Waals surface area contributed by atoms with Crippen molar-refractivity contribution in [1.29, 1.82) is 0 Å². The van der Waals surface area contributed by atoms with Gasteiger partial charge in [0.25, 0.3) is 5.91 Å². The number of rotatable bonds is 7. The van der Waals surface area contributed by atoms with Crippen LogP contribution in [0.5, 0.6) is 0 Å². The highest BCUT2D eigenvalue weighted by Crippen LogP contribution is 2.27. The van der Waals surface area contributed by atoms with E-state index in [4.69, 9.17) is 9.47 Å². The van der Waals surface area contributed by atoms with Crippen molar-refractivity contribution in [2.45, 2.75) is 52.6 Å². The summed E-state index contributed by atoms with van der Waals surface area (Å²) in [5.74, 6) is -1.05. The molecule has 188 valence electrons. The van der Waals surface area contributed by atoms with Crippen LogP contribution in [-0.4, -0.2) is 47.4 Å². The van der Waals surface area contributed by atoms with E-state index in [2.05, 4.69) is 5.10 Å². The average molecular weight is 490 g/mol. The predicted molar refractivity (Wildman–Crippen MR) is 135 cm³/mol. The molecule has 1 unspecified atom stereocenters. The molecule has 0 spiro atoms. The Balaban J connectivity index is 1.43. The maximum Gasteiger partial charge on any atom is 0.338 e. The number of amides is 1. The van der Waals surface area contributed by atoms with Crippen LogP contribution < -0.4 is 4.90 Å². The minimum Gasteiger partial charge on any atom is -0.469 e. The number of carbonyl (C=O) groups excluding carboxylic acids is 3. The second-order valence-corrected chi connectivity index (χ2v) is 8.95. The molecule has 1 aliphatic heterocycles. The molecule has 0 N–H and O–H groups in total. The molecule has 1 atom stereocenters. The summed E-state index contributed by atoms with van der Waals surface area (Å²) in [6, 6.07) is 14.7. The van der Waals surface area contributed by atoms with E-state index in [1.165, 1.54) is 7.11 Å². The number of anilines is 1. The van der Waals surface area contributed by atoms with Gasteiger partial charge in [-0.2, -0.15) is 5.10 Å². The first-order valence-electron chi connectivity index (χ1n) is 12.1. The second-order valence-electron chi connectivity index (χ2n) is 8.95. The summed E-state index contributed by atoms with van der Waals surface area (Å²) in [5, 5.41) is 4.60. The SMILES string of the molecule is COC(=O)CCc1c(C)nn(-c2ccc(C(=O)OC(C)C(=O)N3CCCc4ccccc43)cc2)c1C. The number of carbonyl (C=O) groups is 3. The van der Waals surface area contributed by atoms with Crippen LogP contribution in [0.25, 0.3) is 5.69 Å². The Kier molecular flexibility index (Phi) is 7.52. The van der Waals surface area contributed by atoms with Gasteiger partial charge in [-0.25, -0.2) is 9.48 Å². The molecule has 0 radical (unpaired) electrons. The molecule has 0 bridgehead atoms. The smallest absolute Gasteiger partial charge is 0.338 e. The molecule has 4 rings (SSSR count). The van der Waals surface area contributed by atoms with Crippen molar-refractivity contribution >= 4 is 23.5 Å². The Hall–Kier alpha value is -3.94. The molecule has 1 amide bonds. The van der Waals surface area contributed by atoms with E-state index in [1.54, 1.807) is 40.8 Å². The Morgan fingerprint density at radius 1 is 1.06 bits per heavy atom. The number of para-hydroxylation sites is 1. The first kappa shape index (κ1) is 25.2. The van der Waals surface area contributed by atoms with Crippen molar-refractivity contribution in [3.8, 4) is 5.69 Å². The van der Waals surface area contributed by atoms with Gasteiger partial charge in [-0.1, -0.05) is 18.2 Å². The Morgan fingerprint density at radius 3 is 2.50 bits per heavy atom. The first-order chi connectivity index (χ1) is 17.3. The molecule has 0 saturated heterocycles. The number of hydrogen-bond donors (Lipinski definition) is 0. The fraction of sp³-hybridized carbons (Fsp3) is 0.357. The molecule has 0 saturated carbocycles. The number of hydrogen-bond acceptors (Lipinski definition) is 6. The standard InChI is InChI=1S/C28H31N3O5/c1-18-24(15-16-26(32)35-4)19(2)31(29-18)23-13-11-22(12-14-23)28(34)36-20(3)27(33)30-17-7-9-21-8-5-6-10-25(21)30/h5-6,8,10-14,20H,7,9,15-17H2,1-4H3. The van der Waals surface area contributed by atoms with Gasteiger partial charge < -0.3 is 14.4 Å². The highest BCUT2D eigenvalue weighted by atomic mass is 16.5. The molecule has 0 aliphatic carbocycles. The fourth-order valence-electron chi connectivity index (χ4n) is 4.62. The molecular formula is C28H31N3O5. The third kappa shape index (κ3) is 5.17. The van der Waals surface area contributed by atoms with Crippen LogP contribution in [0.15, 0.2) is 48.5 Å². The Labute approximate surface area is 210 Å². The van der Waals surface area contributed by atoms with E-state index in [-0.39, 0.29) is 18.3 Å². The zero-order valence-corrected chi connectivity index (χ0v) is 21.1. The van der Waals surface area contributed by atoms with Crippen LogP contribution in [0.1, 0.15) is 52.6 Å². The summed E-state index contributed by atoms with van der Waals surface area (Å²) in [6.07, 6.45) is 1.73. The number of esters is 2. The summed E-state index contributed by atoms with van der Waals surface area (Å²) >= 11 is 0. The summed E-state index contributed by atoms with van der Waals surface area (Å²) in [4.78, 5) is 39.1. The van der Waals surface area contributed by atoms with Crippen LogP contribution in [0.3, 0.4) is 0 Å². The maximum atomic E-state index is 13.1. The molecule has 3 aromatic rings. The van der Waals surface area contributed by atoms with E-state index in [9.17, 15) is 14.4 Å². The van der Waals surface area contributed by atoms with E-state index in [0.717, 1.165) is 46.7 Å². The minimum atomic E-state index is -0.906. The molecule has 1 aliphatic rings. The van der Waals surface area contributed by atoms with Crippen LogP contribution in [0, 0.1) is 13.8 Å². The van der Waals surface area contributed by atoms with Crippen molar-refractivity contribution < 1.29 is 23.9 Å². The van der Waals surface area contributed by atoms with Gasteiger partial charge in [0.15, 0.2) is 6.10 Å². The number of benzene rings is 2. The fourth-order valence-corrected chi connectivity index (χ4v) is 4.62. The number of ether oxygens (including phenoxy) is 2. The summed E-state index contributed by atoms with van der Waals surface area (Å²) in [6.45, 7) is 6.07. The van der Waals surface area contributed by atoms with Gasteiger partial charge in [0, 0.05) is 24.3 Å². The highest BCUT2D eigenvalue weighted by Gasteiger charge is 2.28. The summed E-state index contributed by atoms with van der Waals surface area (Å²) in [5.41, 5.74) is 5.91. The van der Waals surface area contributed by atoms with Crippen molar-refractivity contribution in [1.82, 2.24) is 9.78 Å². The van der Waals surface area contributed by atoms with Crippen LogP contribution in [0.2, 0.25) is 0 Å². The second kappa shape index (κ2) is 10.8. The number of methoxy groups -OCH3 is 1. The van der Waals surface area contributed by atoms with Crippen molar-refractivity contribution in [2.24, 2.45) is 0 Å². The number of fused-ring (bicyclic) bond motifs is 1. The molecule has 36 heavy (non-hydrogen) atoms. The van der Waals surface area contributed by atoms with Gasteiger partial charge in [-0.15, -0.1) is 0 Å². The molecular weight excluding hydrogens is 458 g/mol. The number of aryl methyl sites for hydroxylation is 2. The van der Waals surface area contributed by atoms with Crippen molar-refractivity contribution in [2.75, 3.05) is 18.6 Å². The van der Waals surface area contributed by atoms with Crippen LogP contribution in [0.4, 0.5) is 5.69 Å². The van der Waals surface area contributed by atoms with Gasteiger partial charge >= 0.3 is 11.9 Å². The molecule has 8 heteroatoms. The van der Waals surface area contributed by atoms with E-state index in [0.29, 0.717) is 18.5 Å². The zero-order valence-electron chi connectivity index (χ0n) is 21.1. The van der Waals surface area contributed by atoms with Gasteiger partial charge in [-0.05, 0) is 81.5 Å². The lowest BCUT2D eigenvalue weighted by atomic mass is 10.0. The Bertz CT molecular complexity index is 1280. The quantitative estimate of drug-likeness (QED) is 0.464. The zero-order chi connectivity index (χ0) is 25.8. The average Bonchev–Trinajstić information content (AvgIpc) is 3.19. The topological polar surface area (TPSA) is 90.7 Å². The van der Waals surface area contributed by atoms with Crippen LogP contribution in [-0.2, 0) is 31.9 Å².